The van der Waals surface area contributed by atoms with Gasteiger partial charge in [-0.15, -0.1) is 0 Å². The molecule has 3 aliphatic rings. The lowest BCUT2D eigenvalue weighted by Crippen LogP contribution is -2.59. The first kappa shape index (κ1) is 23.1. The molecular formula is C34H26N4O2. The molecule has 1 atom stereocenters. The van der Waals surface area contributed by atoms with Gasteiger partial charge in [-0.1, -0.05) is 72.8 Å². The molecule has 2 aliphatic heterocycles. The first-order valence-electron chi connectivity index (χ1n) is 13.7. The monoisotopic (exact) mass is 522 g/mol. The van der Waals surface area contributed by atoms with Gasteiger partial charge in [-0.3, -0.25) is 10.1 Å². The molecule has 40 heavy (non-hydrogen) atoms. The zero-order valence-electron chi connectivity index (χ0n) is 22.3. The molecule has 1 aliphatic carbocycles. The summed E-state index contributed by atoms with van der Waals surface area (Å²) in [6.07, 6.45) is 0.893. The van der Waals surface area contributed by atoms with Crippen LogP contribution in [-0.2, 0) is 17.4 Å². The number of non-ortho nitro benzene ring substituents is 1. The maximum atomic E-state index is 11.7. The van der Waals surface area contributed by atoms with Gasteiger partial charge in [0.25, 0.3) is 5.69 Å². The quantitative estimate of drug-likeness (QED) is 0.192. The van der Waals surface area contributed by atoms with Crippen LogP contribution in [-0.4, -0.2) is 21.7 Å². The van der Waals surface area contributed by atoms with Gasteiger partial charge in [0.2, 0.25) is 0 Å². The Bertz CT molecular complexity index is 1830. The van der Waals surface area contributed by atoms with Crippen molar-refractivity contribution in [2.45, 2.75) is 31.2 Å². The van der Waals surface area contributed by atoms with Crippen molar-refractivity contribution >= 4 is 11.4 Å². The topological polar surface area (TPSA) is 72.2 Å². The maximum Gasteiger partial charge on any atom is 0.269 e. The summed E-state index contributed by atoms with van der Waals surface area (Å²) in [5.41, 5.74) is 11.2. The Balaban J connectivity index is 1.65. The van der Waals surface area contributed by atoms with Crippen molar-refractivity contribution < 1.29 is 4.92 Å². The normalized spacial score (nSPS) is 19.0. The number of hydrogen-bond acceptors (Lipinski definition) is 5. The number of anilines is 1. The van der Waals surface area contributed by atoms with Crippen molar-refractivity contribution in [3.8, 4) is 11.1 Å². The van der Waals surface area contributed by atoms with Crippen molar-refractivity contribution in [2.75, 3.05) is 11.4 Å². The highest BCUT2D eigenvalue weighted by Crippen LogP contribution is 2.71. The molecule has 6 nitrogen and oxygen atoms in total. The van der Waals surface area contributed by atoms with Gasteiger partial charge in [0, 0.05) is 24.2 Å². The lowest BCUT2D eigenvalue weighted by atomic mass is 9.55. The number of benzene rings is 4. The maximum absolute atomic E-state index is 11.7. The molecule has 194 valence electrons. The smallest absolute Gasteiger partial charge is 0.269 e. The van der Waals surface area contributed by atoms with E-state index < -0.39 is 11.0 Å². The van der Waals surface area contributed by atoms with Crippen LogP contribution in [0.3, 0.4) is 0 Å². The summed E-state index contributed by atoms with van der Waals surface area (Å²) in [5.74, 6) is 0. The van der Waals surface area contributed by atoms with Gasteiger partial charge in [0.1, 0.15) is 5.54 Å². The number of nitro groups is 1. The Kier molecular flexibility index (Phi) is 4.53. The molecule has 0 fully saturated rings. The van der Waals surface area contributed by atoms with Gasteiger partial charge in [0.15, 0.2) is 0 Å². The minimum absolute atomic E-state index is 0.0864. The third-order valence-corrected chi connectivity index (χ3v) is 9.34. The number of nitro benzene ring substituents is 1. The summed E-state index contributed by atoms with van der Waals surface area (Å²) in [4.78, 5) is 14.0. The van der Waals surface area contributed by atoms with Gasteiger partial charge < -0.3 is 4.90 Å². The number of aromatic nitrogens is 2. The molecule has 8 rings (SSSR count). The van der Waals surface area contributed by atoms with Crippen LogP contribution in [0.15, 0.2) is 97.1 Å². The Labute approximate surface area is 232 Å². The minimum Gasteiger partial charge on any atom is -0.354 e. The van der Waals surface area contributed by atoms with Crippen molar-refractivity contribution in [2.24, 2.45) is 0 Å². The molecular weight excluding hydrogens is 496 g/mol. The molecule has 0 radical (unpaired) electrons. The van der Waals surface area contributed by atoms with Crippen LogP contribution in [0.25, 0.3) is 11.1 Å². The standard InChI is InChI=1S/C34H26N4O2/c1-21-31-32(22(2)36-35-21)37-20-19-23-9-3-6-12-28(23)34(37,24-15-17-25(18-16-24)38(39)40)33(31)29-13-7-4-10-26(29)27-11-5-8-14-30(27)33/h3-18H,19-20H2,1-2H3. The van der Waals surface area contributed by atoms with E-state index in [2.05, 4.69) is 96.6 Å². The highest BCUT2D eigenvalue weighted by molar-refractivity contribution is 5.92. The predicted molar refractivity (Wildman–Crippen MR) is 155 cm³/mol. The highest BCUT2D eigenvalue weighted by atomic mass is 16.6. The zero-order chi connectivity index (χ0) is 27.2. The van der Waals surface area contributed by atoms with E-state index >= 15 is 0 Å². The van der Waals surface area contributed by atoms with E-state index in [1.807, 2.05) is 12.1 Å². The second kappa shape index (κ2) is 7.85. The van der Waals surface area contributed by atoms with E-state index in [1.165, 1.54) is 38.9 Å². The van der Waals surface area contributed by atoms with Gasteiger partial charge in [0.05, 0.1) is 27.4 Å². The third-order valence-electron chi connectivity index (χ3n) is 9.34. The molecule has 6 heteroatoms. The molecule has 0 saturated carbocycles. The van der Waals surface area contributed by atoms with Crippen LogP contribution in [0.2, 0.25) is 0 Å². The van der Waals surface area contributed by atoms with Crippen LogP contribution >= 0.6 is 0 Å². The summed E-state index contributed by atoms with van der Waals surface area (Å²) < 4.78 is 0. The first-order valence-corrected chi connectivity index (χ1v) is 13.7. The van der Waals surface area contributed by atoms with Crippen LogP contribution in [0, 0.1) is 24.0 Å². The van der Waals surface area contributed by atoms with E-state index in [9.17, 15) is 10.1 Å². The largest absolute Gasteiger partial charge is 0.354 e. The fourth-order valence-electron chi connectivity index (χ4n) is 8.13. The predicted octanol–water partition coefficient (Wildman–Crippen LogP) is 6.64. The highest BCUT2D eigenvalue weighted by Gasteiger charge is 2.70. The van der Waals surface area contributed by atoms with E-state index in [0.717, 1.165) is 35.6 Å². The summed E-state index contributed by atoms with van der Waals surface area (Å²) >= 11 is 0. The fraction of sp³-hybridized carbons (Fsp3) is 0.176. The number of nitrogens with zero attached hydrogens (tertiary/aromatic N) is 4. The molecule has 1 aromatic heterocycles. The third kappa shape index (κ3) is 2.50. The molecule has 3 heterocycles. The second-order valence-corrected chi connectivity index (χ2v) is 11.0. The first-order chi connectivity index (χ1) is 19.5. The minimum atomic E-state index is -0.720. The molecule has 4 aromatic carbocycles. The van der Waals surface area contributed by atoms with Crippen LogP contribution in [0.5, 0.6) is 0 Å². The van der Waals surface area contributed by atoms with E-state index in [1.54, 1.807) is 12.1 Å². The van der Waals surface area contributed by atoms with Crippen molar-refractivity contribution in [3.05, 3.63) is 152 Å². The van der Waals surface area contributed by atoms with Crippen LogP contribution in [0.1, 0.15) is 44.8 Å². The Morgan fingerprint density at radius 2 is 1.32 bits per heavy atom. The number of fused-ring (bicyclic) bond motifs is 12. The van der Waals surface area contributed by atoms with Gasteiger partial charge >= 0.3 is 0 Å². The molecule has 1 spiro atoms. The van der Waals surface area contributed by atoms with Gasteiger partial charge in [-0.25, -0.2) is 0 Å². The van der Waals surface area contributed by atoms with Crippen molar-refractivity contribution in [3.63, 3.8) is 0 Å². The molecule has 5 aromatic rings. The van der Waals surface area contributed by atoms with Gasteiger partial charge in [-0.2, -0.15) is 10.2 Å². The van der Waals surface area contributed by atoms with Crippen LogP contribution in [0.4, 0.5) is 11.4 Å². The summed E-state index contributed by atoms with van der Waals surface area (Å²) in [7, 11) is 0. The van der Waals surface area contributed by atoms with Crippen molar-refractivity contribution in [1.29, 1.82) is 0 Å². The molecule has 0 amide bonds. The Morgan fingerprint density at radius 1 is 0.750 bits per heavy atom. The molecule has 0 bridgehead atoms. The van der Waals surface area contributed by atoms with Gasteiger partial charge in [-0.05, 0) is 71.3 Å². The lowest BCUT2D eigenvalue weighted by Gasteiger charge is -2.54. The Hall–Kier alpha value is -4.84. The summed E-state index contributed by atoms with van der Waals surface area (Å²) in [5, 5.41) is 21.1. The fourth-order valence-corrected chi connectivity index (χ4v) is 8.13. The number of hydrogen-bond donors (Lipinski definition) is 0. The van der Waals surface area contributed by atoms with Crippen LogP contribution < -0.4 is 4.90 Å². The van der Waals surface area contributed by atoms with E-state index in [0.29, 0.717) is 0 Å². The summed E-state index contributed by atoms with van der Waals surface area (Å²) in [6.45, 7) is 4.92. The molecule has 0 N–H and O–H groups in total. The Morgan fingerprint density at radius 3 is 1.98 bits per heavy atom. The average Bonchev–Trinajstić information content (AvgIpc) is 3.45. The number of rotatable bonds is 2. The second-order valence-electron chi connectivity index (χ2n) is 11.0. The lowest BCUT2D eigenvalue weighted by molar-refractivity contribution is -0.384. The SMILES string of the molecule is Cc1nnc(C)c2c1N1CCc3ccccc3C1(c1ccc([N+](=O)[O-])cc1)C21c2ccccc2-c2ccccc21. The zero-order valence-corrected chi connectivity index (χ0v) is 22.3. The number of aryl methyl sites for hydroxylation is 2. The average molecular weight is 523 g/mol. The van der Waals surface area contributed by atoms with Crippen molar-refractivity contribution in [1.82, 2.24) is 10.2 Å². The molecule has 1 unspecified atom stereocenters. The van der Waals surface area contributed by atoms with E-state index in [4.69, 9.17) is 5.10 Å². The van der Waals surface area contributed by atoms with E-state index in [-0.39, 0.29) is 10.6 Å². The summed E-state index contributed by atoms with van der Waals surface area (Å²) in [6, 6.07) is 33.4. The molecule has 0 saturated heterocycles.